The Labute approximate surface area is 125 Å². The first-order chi connectivity index (χ1) is 8.81. The first-order valence-electron chi connectivity index (χ1n) is 6.86. The SMILES string of the molecule is CCN(CCc1cccs1)C(=O)[C@H]1CCCCN1.Cl. The molecule has 108 valence electrons. The Bertz CT molecular complexity index is 364. The molecule has 5 heteroatoms. The van der Waals surface area contributed by atoms with Gasteiger partial charge in [-0.15, -0.1) is 23.7 Å². The summed E-state index contributed by atoms with van der Waals surface area (Å²) in [5.41, 5.74) is 0. The van der Waals surface area contributed by atoms with Crippen LogP contribution in [0.3, 0.4) is 0 Å². The highest BCUT2D eigenvalue weighted by atomic mass is 35.5. The van der Waals surface area contributed by atoms with Crippen LogP contribution in [0.2, 0.25) is 0 Å². The predicted molar refractivity (Wildman–Crippen MR) is 83.2 cm³/mol. The molecule has 0 unspecified atom stereocenters. The summed E-state index contributed by atoms with van der Waals surface area (Å²) in [6.45, 7) is 4.70. The Morgan fingerprint density at radius 2 is 2.37 bits per heavy atom. The third kappa shape index (κ3) is 4.79. The summed E-state index contributed by atoms with van der Waals surface area (Å²) >= 11 is 1.77. The monoisotopic (exact) mass is 302 g/mol. The number of likely N-dealkylation sites (N-methyl/N-ethyl adjacent to an activating group) is 1. The summed E-state index contributed by atoms with van der Waals surface area (Å²) in [5, 5.41) is 5.43. The van der Waals surface area contributed by atoms with Crippen LogP contribution in [0.5, 0.6) is 0 Å². The number of piperidine rings is 1. The van der Waals surface area contributed by atoms with Crippen LogP contribution < -0.4 is 5.32 Å². The van der Waals surface area contributed by atoms with Gasteiger partial charge >= 0.3 is 0 Å². The fourth-order valence-corrected chi connectivity index (χ4v) is 3.11. The highest BCUT2D eigenvalue weighted by Gasteiger charge is 2.24. The molecule has 0 aromatic carbocycles. The van der Waals surface area contributed by atoms with Gasteiger partial charge in [0.15, 0.2) is 0 Å². The number of hydrogen-bond donors (Lipinski definition) is 1. The second kappa shape index (κ2) is 8.56. The van der Waals surface area contributed by atoms with E-state index in [2.05, 4.69) is 29.8 Å². The quantitative estimate of drug-likeness (QED) is 0.907. The Morgan fingerprint density at radius 1 is 1.53 bits per heavy atom. The second-order valence-electron chi connectivity index (χ2n) is 4.75. The standard InChI is InChI=1S/C14H22N2OS.ClH/c1-2-16(10-8-12-6-5-11-18-12)14(17)13-7-3-4-9-15-13;/h5-6,11,13,15H,2-4,7-10H2,1H3;1H/t13-;/m1./s1. The topological polar surface area (TPSA) is 32.3 Å². The lowest BCUT2D eigenvalue weighted by molar-refractivity contribution is -0.133. The van der Waals surface area contributed by atoms with Gasteiger partial charge in [0, 0.05) is 18.0 Å². The van der Waals surface area contributed by atoms with Crippen LogP contribution in [-0.4, -0.2) is 36.5 Å². The fraction of sp³-hybridized carbons (Fsp3) is 0.643. The molecule has 1 aromatic heterocycles. The largest absolute Gasteiger partial charge is 0.341 e. The van der Waals surface area contributed by atoms with Gasteiger partial charge in [-0.3, -0.25) is 4.79 Å². The Kier molecular flexibility index (Phi) is 7.42. The van der Waals surface area contributed by atoms with Crippen molar-refractivity contribution in [3.8, 4) is 0 Å². The van der Waals surface area contributed by atoms with E-state index in [-0.39, 0.29) is 24.4 Å². The van der Waals surface area contributed by atoms with Crippen molar-refractivity contribution < 1.29 is 4.79 Å². The van der Waals surface area contributed by atoms with Gasteiger partial charge in [0.2, 0.25) is 5.91 Å². The lowest BCUT2D eigenvalue weighted by atomic mass is 10.0. The minimum atomic E-state index is 0. The zero-order chi connectivity index (χ0) is 12.8. The summed E-state index contributed by atoms with van der Waals surface area (Å²) in [6.07, 6.45) is 4.34. The molecule has 1 atom stereocenters. The third-order valence-electron chi connectivity index (χ3n) is 3.51. The average molecular weight is 303 g/mol. The van der Waals surface area contributed by atoms with E-state index in [1.165, 1.54) is 17.7 Å². The van der Waals surface area contributed by atoms with Crippen molar-refractivity contribution in [3.05, 3.63) is 22.4 Å². The molecule has 1 aliphatic heterocycles. The lowest BCUT2D eigenvalue weighted by Gasteiger charge is -2.29. The van der Waals surface area contributed by atoms with Gasteiger partial charge in [-0.1, -0.05) is 12.5 Å². The van der Waals surface area contributed by atoms with E-state index in [4.69, 9.17) is 0 Å². The lowest BCUT2D eigenvalue weighted by Crippen LogP contribution is -2.49. The summed E-state index contributed by atoms with van der Waals surface area (Å²) in [7, 11) is 0. The predicted octanol–water partition coefficient (Wildman–Crippen LogP) is 2.70. The minimum Gasteiger partial charge on any atom is -0.341 e. The molecule has 0 spiro atoms. The maximum absolute atomic E-state index is 12.4. The molecule has 1 saturated heterocycles. The molecule has 2 heterocycles. The van der Waals surface area contributed by atoms with E-state index < -0.39 is 0 Å². The molecule has 1 aliphatic rings. The third-order valence-corrected chi connectivity index (χ3v) is 4.45. The maximum atomic E-state index is 12.4. The van der Waals surface area contributed by atoms with Crippen LogP contribution >= 0.6 is 23.7 Å². The summed E-state index contributed by atoms with van der Waals surface area (Å²) < 4.78 is 0. The molecule has 3 nitrogen and oxygen atoms in total. The van der Waals surface area contributed by atoms with Crippen molar-refractivity contribution >= 4 is 29.7 Å². The Morgan fingerprint density at radius 3 is 2.95 bits per heavy atom. The number of rotatable bonds is 5. The van der Waals surface area contributed by atoms with E-state index in [1.54, 1.807) is 11.3 Å². The van der Waals surface area contributed by atoms with Crippen LogP contribution in [0.25, 0.3) is 0 Å². The van der Waals surface area contributed by atoms with Crippen molar-refractivity contribution in [2.45, 2.75) is 38.6 Å². The fourth-order valence-electron chi connectivity index (χ4n) is 2.41. The molecule has 1 N–H and O–H groups in total. The molecule has 0 bridgehead atoms. The second-order valence-corrected chi connectivity index (χ2v) is 5.78. The van der Waals surface area contributed by atoms with Crippen LogP contribution in [0.4, 0.5) is 0 Å². The molecule has 0 aliphatic carbocycles. The highest BCUT2D eigenvalue weighted by molar-refractivity contribution is 7.09. The molecular formula is C14H23ClN2OS. The molecule has 1 fully saturated rings. The molecule has 19 heavy (non-hydrogen) atoms. The number of carbonyl (C=O) groups excluding carboxylic acids is 1. The summed E-state index contributed by atoms with van der Waals surface area (Å²) in [6, 6.07) is 4.27. The number of amides is 1. The number of nitrogens with one attached hydrogen (secondary N) is 1. The highest BCUT2D eigenvalue weighted by Crippen LogP contribution is 2.13. The number of halogens is 1. The van der Waals surface area contributed by atoms with E-state index in [1.807, 2.05) is 4.90 Å². The van der Waals surface area contributed by atoms with E-state index >= 15 is 0 Å². The van der Waals surface area contributed by atoms with Gasteiger partial charge < -0.3 is 10.2 Å². The Hall–Kier alpha value is -0.580. The van der Waals surface area contributed by atoms with E-state index in [0.29, 0.717) is 0 Å². The van der Waals surface area contributed by atoms with Crippen LogP contribution in [0, 0.1) is 0 Å². The molecule has 2 rings (SSSR count). The van der Waals surface area contributed by atoms with Crippen LogP contribution in [-0.2, 0) is 11.2 Å². The number of hydrogen-bond acceptors (Lipinski definition) is 3. The van der Waals surface area contributed by atoms with Crippen molar-refractivity contribution in [2.75, 3.05) is 19.6 Å². The zero-order valence-electron chi connectivity index (χ0n) is 11.4. The molecule has 0 saturated carbocycles. The van der Waals surface area contributed by atoms with Crippen LogP contribution in [0.15, 0.2) is 17.5 Å². The van der Waals surface area contributed by atoms with Crippen molar-refractivity contribution in [1.29, 1.82) is 0 Å². The van der Waals surface area contributed by atoms with Crippen molar-refractivity contribution in [3.63, 3.8) is 0 Å². The molecule has 1 aromatic rings. The first-order valence-corrected chi connectivity index (χ1v) is 7.73. The van der Waals surface area contributed by atoms with Gasteiger partial charge in [0.05, 0.1) is 6.04 Å². The van der Waals surface area contributed by atoms with Gasteiger partial charge in [0.25, 0.3) is 0 Å². The maximum Gasteiger partial charge on any atom is 0.239 e. The van der Waals surface area contributed by atoms with Gasteiger partial charge in [-0.25, -0.2) is 0 Å². The van der Waals surface area contributed by atoms with Gasteiger partial charge in [0.1, 0.15) is 0 Å². The minimum absolute atomic E-state index is 0. The van der Waals surface area contributed by atoms with E-state index in [9.17, 15) is 4.79 Å². The Balaban J connectivity index is 0.00000180. The number of nitrogens with zero attached hydrogens (tertiary/aromatic N) is 1. The van der Waals surface area contributed by atoms with Crippen molar-refractivity contribution in [1.82, 2.24) is 10.2 Å². The van der Waals surface area contributed by atoms with Gasteiger partial charge in [-0.2, -0.15) is 0 Å². The average Bonchev–Trinajstić information content (AvgIpc) is 2.93. The van der Waals surface area contributed by atoms with Crippen LogP contribution in [0.1, 0.15) is 31.1 Å². The number of thiophene rings is 1. The smallest absolute Gasteiger partial charge is 0.239 e. The van der Waals surface area contributed by atoms with Crippen molar-refractivity contribution in [2.24, 2.45) is 0 Å². The normalized spacial score (nSPS) is 18.7. The number of carbonyl (C=O) groups is 1. The molecular weight excluding hydrogens is 280 g/mol. The summed E-state index contributed by atoms with van der Waals surface area (Å²) in [4.78, 5) is 15.7. The molecule has 0 radical (unpaired) electrons. The van der Waals surface area contributed by atoms with Gasteiger partial charge in [-0.05, 0) is 44.2 Å². The summed E-state index contributed by atoms with van der Waals surface area (Å²) in [5.74, 6) is 0.286. The zero-order valence-corrected chi connectivity index (χ0v) is 13.1. The van der Waals surface area contributed by atoms with E-state index in [0.717, 1.165) is 32.5 Å². The molecule has 1 amide bonds. The first kappa shape index (κ1) is 16.5.